The Morgan fingerprint density at radius 2 is 2.04 bits per heavy atom. The van der Waals surface area contributed by atoms with Crippen LogP contribution in [0.1, 0.15) is 19.8 Å². The predicted molar refractivity (Wildman–Crippen MR) is 110 cm³/mol. The van der Waals surface area contributed by atoms with Gasteiger partial charge in [0.05, 0.1) is 5.39 Å². The van der Waals surface area contributed by atoms with Gasteiger partial charge in [-0.3, -0.25) is 4.79 Å². The van der Waals surface area contributed by atoms with E-state index >= 15 is 0 Å². The molecule has 28 heavy (non-hydrogen) atoms. The van der Waals surface area contributed by atoms with Crippen molar-refractivity contribution in [2.24, 2.45) is 0 Å². The minimum Gasteiger partial charge on any atom is -0.382 e. The van der Waals surface area contributed by atoms with Gasteiger partial charge in [-0.05, 0) is 31.0 Å². The van der Waals surface area contributed by atoms with Gasteiger partial charge in [0.15, 0.2) is 0 Å². The Labute approximate surface area is 167 Å². The van der Waals surface area contributed by atoms with Gasteiger partial charge in [-0.1, -0.05) is 12.1 Å². The number of rotatable bonds is 10. The van der Waals surface area contributed by atoms with Crippen molar-refractivity contribution in [3.05, 3.63) is 41.8 Å². The molecule has 0 saturated heterocycles. The first-order valence-electron chi connectivity index (χ1n) is 9.25. The molecule has 148 valence electrons. The molecule has 3 rings (SSSR count). The Kier molecular flexibility index (Phi) is 7.27. The molecular formula is C20H23FN4O2S. The fourth-order valence-corrected chi connectivity index (χ4v) is 3.70. The van der Waals surface area contributed by atoms with Crippen LogP contribution in [0.25, 0.3) is 21.3 Å². The molecule has 2 aromatic heterocycles. The predicted octanol–water partition coefficient (Wildman–Crippen LogP) is 3.84. The smallest absolute Gasteiger partial charge is 0.221 e. The molecule has 8 heteroatoms. The quantitative estimate of drug-likeness (QED) is 0.504. The number of hydrogen-bond acceptors (Lipinski definition) is 6. The molecule has 0 radical (unpaired) electrons. The van der Waals surface area contributed by atoms with E-state index in [2.05, 4.69) is 20.6 Å². The molecule has 2 heterocycles. The zero-order valence-electron chi connectivity index (χ0n) is 15.7. The zero-order chi connectivity index (χ0) is 19.8. The molecule has 0 saturated carbocycles. The average molecular weight is 402 g/mol. The molecule has 6 nitrogen and oxygen atoms in total. The van der Waals surface area contributed by atoms with Crippen molar-refractivity contribution >= 4 is 33.3 Å². The number of thiophene rings is 1. The fourth-order valence-electron chi connectivity index (χ4n) is 2.78. The number of carbonyl (C=O) groups is 1. The maximum Gasteiger partial charge on any atom is 0.221 e. The number of nitrogens with one attached hydrogen (secondary N) is 2. The lowest BCUT2D eigenvalue weighted by atomic mass is 10.1. The fraction of sp³-hybridized carbons (Fsp3) is 0.350. The van der Waals surface area contributed by atoms with Gasteiger partial charge in [-0.25, -0.2) is 14.4 Å². The van der Waals surface area contributed by atoms with Crippen molar-refractivity contribution in [2.75, 3.05) is 31.6 Å². The molecule has 0 bridgehead atoms. The average Bonchev–Trinajstić information content (AvgIpc) is 3.13. The summed E-state index contributed by atoms with van der Waals surface area (Å²) in [5.41, 5.74) is 1.85. The summed E-state index contributed by atoms with van der Waals surface area (Å²) in [6.07, 6.45) is 2.65. The molecule has 0 aliphatic rings. The highest BCUT2D eigenvalue weighted by atomic mass is 32.1. The first-order chi connectivity index (χ1) is 13.7. The Morgan fingerprint density at radius 1 is 1.21 bits per heavy atom. The second kappa shape index (κ2) is 10.1. The summed E-state index contributed by atoms with van der Waals surface area (Å²) < 4.78 is 18.5. The lowest BCUT2D eigenvalue weighted by molar-refractivity contribution is -0.120. The number of carbonyl (C=O) groups excluding carboxylic acids is 1. The van der Waals surface area contributed by atoms with E-state index in [1.807, 2.05) is 12.3 Å². The maximum absolute atomic E-state index is 13.2. The molecule has 1 amide bonds. The zero-order valence-corrected chi connectivity index (χ0v) is 16.5. The van der Waals surface area contributed by atoms with E-state index in [9.17, 15) is 9.18 Å². The van der Waals surface area contributed by atoms with Crippen LogP contribution < -0.4 is 10.6 Å². The van der Waals surface area contributed by atoms with Crippen LogP contribution in [0.4, 0.5) is 10.2 Å². The van der Waals surface area contributed by atoms with E-state index < -0.39 is 0 Å². The van der Waals surface area contributed by atoms with Crippen LogP contribution >= 0.6 is 11.3 Å². The van der Waals surface area contributed by atoms with Crippen LogP contribution in [0.2, 0.25) is 0 Å². The minimum atomic E-state index is -0.273. The number of anilines is 1. The topological polar surface area (TPSA) is 76.1 Å². The van der Waals surface area contributed by atoms with E-state index in [1.54, 1.807) is 12.1 Å². The molecule has 1 aromatic carbocycles. The standard InChI is InChI=1S/C20H23FN4O2S/c1-2-27-11-3-9-22-17(26)8-10-23-19-18-16(12-28-20(18)25-13-24-19)14-4-6-15(21)7-5-14/h4-7,12-13H,2-3,8-11H2,1H3,(H,22,26)(H,23,24,25). The van der Waals surface area contributed by atoms with Crippen molar-refractivity contribution in [3.63, 3.8) is 0 Å². The summed E-state index contributed by atoms with van der Waals surface area (Å²) in [7, 11) is 0. The molecular weight excluding hydrogens is 379 g/mol. The SMILES string of the molecule is CCOCCCNC(=O)CCNc1ncnc2scc(-c3ccc(F)cc3)c12. The number of aromatic nitrogens is 2. The molecule has 2 N–H and O–H groups in total. The van der Waals surface area contributed by atoms with Crippen LogP contribution in [0.15, 0.2) is 36.0 Å². The van der Waals surface area contributed by atoms with Crippen LogP contribution in [0.5, 0.6) is 0 Å². The number of amides is 1. The molecule has 0 aliphatic carbocycles. The number of fused-ring (bicyclic) bond motifs is 1. The van der Waals surface area contributed by atoms with E-state index in [-0.39, 0.29) is 11.7 Å². The van der Waals surface area contributed by atoms with Crippen molar-refractivity contribution in [1.82, 2.24) is 15.3 Å². The van der Waals surface area contributed by atoms with Crippen LogP contribution in [-0.2, 0) is 9.53 Å². The minimum absolute atomic E-state index is 0.0154. The van der Waals surface area contributed by atoms with Gasteiger partial charge in [0.1, 0.15) is 22.8 Å². The lowest BCUT2D eigenvalue weighted by Gasteiger charge is -2.09. The van der Waals surface area contributed by atoms with Gasteiger partial charge in [-0.15, -0.1) is 11.3 Å². The van der Waals surface area contributed by atoms with Gasteiger partial charge >= 0.3 is 0 Å². The number of hydrogen-bond donors (Lipinski definition) is 2. The van der Waals surface area contributed by atoms with Gasteiger partial charge in [-0.2, -0.15) is 0 Å². The number of halogens is 1. The molecule has 0 aliphatic heterocycles. The Balaban J connectivity index is 1.61. The largest absolute Gasteiger partial charge is 0.382 e. The maximum atomic E-state index is 13.2. The van der Waals surface area contributed by atoms with Crippen LogP contribution in [0, 0.1) is 5.82 Å². The van der Waals surface area contributed by atoms with Gasteiger partial charge in [0.2, 0.25) is 5.91 Å². The Morgan fingerprint density at radius 3 is 2.82 bits per heavy atom. The highest BCUT2D eigenvalue weighted by Crippen LogP contribution is 2.36. The second-order valence-corrected chi connectivity index (χ2v) is 6.99. The molecule has 0 fully saturated rings. The first kappa shape index (κ1) is 20.2. The van der Waals surface area contributed by atoms with Crippen molar-refractivity contribution in [3.8, 4) is 11.1 Å². The third-order valence-corrected chi connectivity index (χ3v) is 5.05. The molecule has 3 aromatic rings. The van der Waals surface area contributed by atoms with Crippen molar-refractivity contribution < 1.29 is 13.9 Å². The van der Waals surface area contributed by atoms with E-state index in [1.165, 1.54) is 29.8 Å². The molecule has 0 unspecified atom stereocenters. The second-order valence-electron chi connectivity index (χ2n) is 6.14. The molecule has 0 spiro atoms. The van der Waals surface area contributed by atoms with E-state index in [4.69, 9.17) is 4.74 Å². The molecule has 0 atom stereocenters. The summed E-state index contributed by atoms with van der Waals surface area (Å²) in [6, 6.07) is 6.35. The highest BCUT2D eigenvalue weighted by molar-refractivity contribution is 7.17. The van der Waals surface area contributed by atoms with Crippen molar-refractivity contribution in [2.45, 2.75) is 19.8 Å². The lowest BCUT2D eigenvalue weighted by Crippen LogP contribution is -2.27. The van der Waals surface area contributed by atoms with E-state index in [0.717, 1.165) is 27.8 Å². The monoisotopic (exact) mass is 402 g/mol. The summed E-state index contributed by atoms with van der Waals surface area (Å²) in [5.74, 6) is 0.387. The Hall–Kier alpha value is -2.58. The van der Waals surface area contributed by atoms with Gasteiger partial charge < -0.3 is 15.4 Å². The number of ether oxygens (including phenoxy) is 1. The summed E-state index contributed by atoms with van der Waals surface area (Å²) >= 11 is 1.51. The van der Waals surface area contributed by atoms with Crippen LogP contribution in [-0.4, -0.2) is 42.2 Å². The number of nitrogens with zero attached hydrogens (tertiary/aromatic N) is 2. The van der Waals surface area contributed by atoms with Gasteiger partial charge in [0.25, 0.3) is 0 Å². The Bertz CT molecular complexity index is 914. The normalized spacial score (nSPS) is 10.9. The van der Waals surface area contributed by atoms with Crippen LogP contribution in [0.3, 0.4) is 0 Å². The summed E-state index contributed by atoms with van der Waals surface area (Å²) in [5, 5.41) is 8.98. The van der Waals surface area contributed by atoms with E-state index in [0.29, 0.717) is 38.5 Å². The first-order valence-corrected chi connectivity index (χ1v) is 10.1. The third-order valence-electron chi connectivity index (χ3n) is 4.16. The summed E-state index contributed by atoms with van der Waals surface area (Å²) in [6.45, 7) is 4.35. The van der Waals surface area contributed by atoms with Crippen molar-refractivity contribution in [1.29, 1.82) is 0 Å². The highest BCUT2D eigenvalue weighted by Gasteiger charge is 2.13. The number of benzene rings is 1. The van der Waals surface area contributed by atoms with Gasteiger partial charge in [0, 0.05) is 43.7 Å². The summed E-state index contributed by atoms with van der Waals surface area (Å²) in [4.78, 5) is 21.4. The third kappa shape index (κ3) is 5.24.